The molecule has 0 aromatic heterocycles. The lowest BCUT2D eigenvalue weighted by Crippen LogP contribution is -2.31. The van der Waals surface area contributed by atoms with E-state index < -0.39 is 0 Å². The Labute approximate surface area is 119 Å². The van der Waals surface area contributed by atoms with Crippen LogP contribution in [0.4, 0.5) is 0 Å². The van der Waals surface area contributed by atoms with Gasteiger partial charge in [0.25, 0.3) is 0 Å². The molecule has 1 rings (SSSR count). The minimum Gasteiger partial charge on any atom is -0.496 e. The van der Waals surface area contributed by atoms with Crippen molar-refractivity contribution in [1.82, 2.24) is 5.32 Å². The maximum atomic E-state index is 5.24. The Balaban J connectivity index is 2.67. The summed E-state index contributed by atoms with van der Waals surface area (Å²) in [6, 6.07) is 6.71. The van der Waals surface area contributed by atoms with Crippen molar-refractivity contribution in [3.63, 3.8) is 0 Å². The Bertz CT molecular complexity index is 379. The van der Waals surface area contributed by atoms with Gasteiger partial charge in [0.2, 0.25) is 0 Å². The lowest BCUT2D eigenvalue weighted by atomic mass is 10.0. The molecule has 100 valence electrons. The van der Waals surface area contributed by atoms with Crippen LogP contribution in [0, 0.1) is 0 Å². The monoisotopic (exact) mass is 311 g/mol. The highest BCUT2D eigenvalue weighted by Crippen LogP contribution is 2.26. The molecule has 1 unspecified atom stereocenters. The van der Waals surface area contributed by atoms with Crippen LogP contribution >= 0.6 is 15.9 Å². The van der Waals surface area contributed by atoms with E-state index in [1.165, 1.54) is 5.56 Å². The summed E-state index contributed by atoms with van der Waals surface area (Å²) in [6.07, 6.45) is 5.13. The largest absolute Gasteiger partial charge is 0.496 e. The summed E-state index contributed by atoms with van der Waals surface area (Å²) < 4.78 is 6.25. The van der Waals surface area contributed by atoms with Gasteiger partial charge >= 0.3 is 0 Å². The van der Waals surface area contributed by atoms with Crippen LogP contribution in [-0.2, 0) is 6.42 Å². The van der Waals surface area contributed by atoms with Crippen molar-refractivity contribution >= 4 is 15.9 Å². The van der Waals surface area contributed by atoms with Crippen molar-refractivity contribution in [2.75, 3.05) is 13.7 Å². The number of hydrogen-bond donors (Lipinski definition) is 1. The SMILES string of the molecule is C=CCC(Cc1ccc(OC)c(Br)c1)NCCC. The summed E-state index contributed by atoms with van der Waals surface area (Å²) in [5, 5.41) is 3.55. The standard InChI is InChI=1S/C15H22BrNO/c1-4-6-13(17-9-5-2)10-12-7-8-15(18-3)14(16)11-12/h4,7-8,11,13,17H,1,5-6,9-10H2,2-3H3. The summed E-state index contributed by atoms with van der Waals surface area (Å²) in [7, 11) is 1.68. The number of benzene rings is 1. The predicted octanol–water partition coefficient (Wildman–Crippen LogP) is 3.94. The third-order valence-corrected chi connectivity index (χ3v) is 3.45. The van der Waals surface area contributed by atoms with Crippen LogP contribution in [0.15, 0.2) is 35.3 Å². The molecular weight excluding hydrogens is 290 g/mol. The number of ether oxygens (including phenoxy) is 1. The van der Waals surface area contributed by atoms with E-state index in [0.29, 0.717) is 6.04 Å². The van der Waals surface area contributed by atoms with E-state index in [-0.39, 0.29) is 0 Å². The van der Waals surface area contributed by atoms with Crippen LogP contribution in [-0.4, -0.2) is 19.7 Å². The fraction of sp³-hybridized carbons (Fsp3) is 0.467. The van der Waals surface area contributed by atoms with Gasteiger partial charge in [0.1, 0.15) is 5.75 Å². The van der Waals surface area contributed by atoms with Crippen LogP contribution in [0.1, 0.15) is 25.3 Å². The second kappa shape index (κ2) is 8.33. The lowest BCUT2D eigenvalue weighted by Gasteiger charge is -2.17. The Morgan fingerprint density at radius 3 is 2.83 bits per heavy atom. The van der Waals surface area contributed by atoms with Crippen LogP contribution in [0.25, 0.3) is 0 Å². The van der Waals surface area contributed by atoms with Crippen molar-refractivity contribution in [2.24, 2.45) is 0 Å². The first-order valence-electron chi connectivity index (χ1n) is 6.38. The number of methoxy groups -OCH3 is 1. The Kier molecular flexibility index (Phi) is 7.06. The summed E-state index contributed by atoms with van der Waals surface area (Å²) in [5.74, 6) is 0.875. The van der Waals surface area contributed by atoms with Gasteiger partial charge in [-0.25, -0.2) is 0 Å². The molecule has 0 aliphatic carbocycles. The average Bonchev–Trinajstić information content (AvgIpc) is 2.36. The summed E-state index contributed by atoms with van der Waals surface area (Å²) in [4.78, 5) is 0. The molecule has 3 heteroatoms. The van der Waals surface area contributed by atoms with E-state index in [4.69, 9.17) is 4.74 Å². The van der Waals surface area contributed by atoms with Crippen molar-refractivity contribution < 1.29 is 4.74 Å². The van der Waals surface area contributed by atoms with Crippen LogP contribution in [0.3, 0.4) is 0 Å². The highest BCUT2D eigenvalue weighted by Gasteiger charge is 2.08. The second-order valence-electron chi connectivity index (χ2n) is 4.35. The van der Waals surface area contributed by atoms with E-state index in [9.17, 15) is 0 Å². The van der Waals surface area contributed by atoms with Gasteiger partial charge in [-0.05, 0) is 59.4 Å². The molecule has 0 amide bonds. The van der Waals surface area contributed by atoms with Gasteiger partial charge in [0.15, 0.2) is 0 Å². The van der Waals surface area contributed by atoms with Crippen molar-refractivity contribution in [2.45, 2.75) is 32.2 Å². The fourth-order valence-corrected chi connectivity index (χ4v) is 2.50. The van der Waals surface area contributed by atoms with E-state index in [0.717, 1.165) is 36.0 Å². The third-order valence-electron chi connectivity index (χ3n) is 2.83. The molecule has 18 heavy (non-hydrogen) atoms. The zero-order chi connectivity index (χ0) is 13.4. The third kappa shape index (κ3) is 4.83. The van der Waals surface area contributed by atoms with Crippen LogP contribution in [0.5, 0.6) is 5.75 Å². The maximum absolute atomic E-state index is 5.24. The highest BCUT2D eigenvalue weighted by atomic mass is 79.9. The van der Waals surface area contributed by atoms with E-state index in [1.807, 2.05) is 12.1 Å². The zero-order valence-corrected chi connectivity index (χ0v) is 12.8. The van der Waals surface area contributed by atoms with Crippen LogP contribution < -0.4 is 10.1 Å². The minimum absolute atomic E-state index is 0.461. The normalized spacial score (nSPS) is 12.2. The van der Waals surface area contributed by atoms with Gasteiger partial charge < -0.3 is 10.1 Å². The Hall–Kier alpha value is -0.800. The highest BCUT2D eigenvalue weighted by molar-refractivity contribution is 9.10. The topological polar surface area (TPSA) is 21.3 Å². The average molecular weight is 312 g/mol. The molecule has 1 atom stereocenters. The zero-order valence-electron chi connectivity index (χ0n) is 11.2. The summed E-state index contributed by atoms with van der Waals surface area (Å²) in [6.45, 7) is 7.06. The van der Waals surface area contributed by atoms with Gasteiger partial charge in [-0.15, -0.1) is 6.58 Å². The molecular formula is C15H22BrNO. The molecule has 0 aliphatic heterocycles. The van der Waals surface area contributed by atoms with E-state index in [2.05, 4.69) is 46.9 Å². The predicted molar refractivity (Wildman–Crippen MR) is 81.3 cm³/mol. The molecule has 2 nitrogen and oxygen atoms in total. The molecule has 0 spiro atoms. The van der Waals surface area contributed by atoms with Gasteiger partial charge in [-0.2, -0.15) is 0 Å². The van der Waals surface area contributed by atoms with Gasteiger partial charge in [-0.1, -0.05) is 19.1 Å². The molecule has 0 radical (unpaired) electrons. The molecule has 1 aromatic rings. The van der Waals surface area contributed by atoms with Gasteiger partial charge in [0, 0.05) is 6.04 Å². The first-order valence-corrected chi connectivity index (χ1v) is 7.17. The van der Waals surface area contributed by atoms with Crippen molar-refractivity contribution in [1.29, 1.82) is 0 Å². The minimum atomic E-state index is 0.461. The number of nitrogens with one attached hydrogen (secondary N) is 1. The number of hydrogen-bond acceptors (Lipinski definition) is 2. The quantitative estimate of drug-likeness (QED) is 0.734. The smallest absolute Gasteiger partial charge is 0.133 e. The lowest BCUT2D eigenvalue weighted by molar-refractivity contribution is 0.411. The molecule has 0 aliphatic rings. The maximum Gasteiger partial charge on any atom is 0.133 e. The van der Waals surface area contributed by atoms with Crippen LogP contribution in [0.2, 0.25) is 0 Å². The fourth-order valence-electron chi connectivity index (χ4n) is 1.91. The molecule has 0 saturated heterocycles. The van der Waals surface area contributed by atoms with E-state index in [1.54, 1.807) is 7.11 Å². The van der Waals surface area contributed by atoms with Crippen molar-refractivity contribution in [3.8, 4) is 5.75 Å². The van der Waals surface area contributed by atoms with Crippen molar-refractivity contribution in [3.05, 3.63) is 40.9 Å². The number of halogens is 1. The summed E-state index contributed by atoms with van der Waals surface area (Å²) >= 11 is 3.52. The first kappa shape index (κ1) is 15.3. The molecule has 0 bridgehead atoms. The summed E-state index contributed by atoms with van der Waals surface area (Å²) in [5.41, 5.74) is 1.30. The molecule has 1 N–H and O–H groups in total. The molecule has 0 saturated carbocycles. The first-order chi connectivity index (χ1) is 8.71. The Morgan fingerprint density at radius 1 is 1.50 bits per heavy atom. The number of rotatable bonds is 8. The van der Waals surface area contributed by atoms with Gasteiger partial charge in [-0.3, -0.25) is 0 Å². The molecule has 0 fully saturated rings. The molecule has 0 heterocycles. The second-order valence-corrected chi connectivity index (χ2v) is 5.20. The Morgan fingerprint density at radius 2 is 2.28 bits per heavy atom. The van der Waals surface area contributed by atoms with E-state index >= 15 is 0 Å². The molecule has 1 aromatic carbocycles. The van der Waals surface area contributed by atoms with Gasteiger partial charge in [0.05, 0.1) is 11.6 Å².